The molecule has 8 rings (SSSR count). The number of hydrogen-bond donors (Lipinski definition) is 2. The first kappa shape index (κ1) is 21.9. The van der Waals surface area contributed by atoms with Gasteiger partial charge in [0.05, 0.1) is 5.60 Å². The van der Waals surface area contributed by atoms with Crippen molar-refractivity contribution in [2.75, 3.05) is 20.2 Å². The van der Waals surface area contributed by atoms with E-state index in [9.17, 15) is 10.2 Å². The zero-order valence-electron chi connectivity index (χ0n) is 21.5. The van der Waals surface area contributed by atoms with Gasteiger partial charge in [-0.05, 0) is 81.4 Å². The molecule has 0 radical (unpaired) electrons. The zero-order valence-corrected chi connectivity index (χ0v) is 21.5. The Morgan fingerprint density at radius 1 is 1.15 bits per heavy atom. The molecule has 7 aliphatic rings. The summed E-state index contributed by atoms with van der Waals surface area (Å²) < 4.78 is 13.5. The maximum absolute atomic E-state index is 12.2. The standard InChI is InChI=1S/C29H41NO4/c1-25(2,3)26(4,32)20-15-27-10-11-29(20,33-5)24-28(27)12-13-30(16-17-6-7-17)21(27)14-18-8-9-19(31)23(34-24)22(18)28/h8-9,17,20-21,24,31-32H,6-7,10-16H2,1-5H3/t20-,21?,24+,26+,27-,28+,29+/m1/s1. The fourth-order valence-electron chi connectivity index (χ4n) is 9.58. The summed E-state index contributed by atoms with van der Waals surface area (Å²) in [6, 6.07) is 4.46. The van der Waals surface area contributed by atoms with E-state index in [4.69, 9.17) is 9.47 Å². The van der Waals surface area contributed by atoms with Crippen molar-refractivity contribution >= 4 is 0 Å². The van der Waals surface area contributed by atoms with Gasteiger partial charge in [-0.15, -0.1) is 0 Å². The summed E-state index contributed by atoms with van der Waals surface area (Å²) in [6.45, 7) is 10.8. The van der Waals surface area contributed by atoms with E-state index in [0.29, 0.717) is 11.8 Å². The van der Waals surface area contributed by atoms with Crippen LogP contribution in [-0.2, 0) is 16.6 Å². The first-order chi connectivity index (χ1) is 16.0. The number of benzene rings is 1. The van der Waals surface area contributed by atoms with Gasteiger partial charge < -0.3 is 19.7 Å². The molecule has 4 bridgehead atoms. The molecule has 1 unspecified atom stereocenters. The second kappa shape index (κ2) is 6.33. The highest BCUT2D eigenvalue weighted by atomic mass is 16.6. The molecule has 1 aromatic rings. The molecule has 34 heavy (non-hydrogen) atoms. The lowest BCUT2D eigenvalue weighted by atomic mass is 9.33. The lowest BCUT2D eigenvalue weighted by molar-refractivity contribution is -0.312. The SMILES string of the molecule is CO[C@@]12CC[C@@]3(C[C@@H]1[C@](C)(O)C(C)(C)C)C1Cc4ccc(O)c5c4[C@@]3(CCN1CC1CC1)[C@@H]2O5. The number of phenolic OH excluding ortho intramolecular Hbond substituents is 1. The Balaban J connectivity index is 1.47. The molecule has 5 aliphatic carbocycles. The Labute approximate surface area is 203 Å². The molecule has 2 spiro atoms. The fourth-order valence-corrected chi connectivity index (χ4v) is 9.58. The van der Waals surface area contributed by atoms with E-state index >= 15 is 0 Å². The molecule has 0 amide bonds. The molecular formula is C29H41NO4. The lowest BCUT2D eigenvalue weighted by Crippen LogP contribution is -2.83. The molecule has 5 nitrogen and oxygen atoms in total. The van der Waals surface area contributed by atoms with Crippen molar-refractivity contribution in [3.05, 3.63) is 23.3 Å². The molecule has 5 heteroatoms. The van der Waals surface area contributed by atoms with Gasteiger partial charge in [0.1, 0.15) is 11.7 Å². The van der Waals surface area contributed by atoms with Gasteiger partial charge in [-0.2, -0.15) is 0 Å². The maximum Gasteiger partial charge on any atom is 0.165 e. The third-order valence-corrected chi connectivity index (χ3v) is 11.9. The van der Waals surface area contributed by atoms with Gasteiger partial charge in [0.15, 0.2) is 11.5 Å². The smallest absolute Gasteiger partial charge is 0.165 e. The van der Waals surface area contributed by atoms with Crippen LogP contribution in [-0.4, -0.2) is 58.7 Å². The van der Waals surface area contributed by atoms with Crippen molar-refractivity contribution in [2.45, 2.75) is 101 Å². The van der Waals surface area contributed by atoms with Crippen LogP contribution in [0.3, 0.4) is 0 Å². The minimum absolute atomic E-state index is 0.0294. The van der Waals surface area contributed by atoms with Crippen LogP contribution in [0.2, 0.25) is 0 Å². The average Bonchev–Trinajstić information content (AvgIpc) is 3.53. The van der Waals surface area contributed by atoms with Crippen LogP contribution in [0, 0.1) is 22.7 Å². The number of ether oxygens (including phenoxy) is 2. The number of phenols is 1. The number of methoxy groups -OCH3 is 1. The van der Waals surface area contributed by atoms with Crippen LogP contribution in [0.5, 0.6) is 11.5 Å². The summed E-state index contributed by atoms with van der Waals surface area (Å²) in [4.78, 5) is 2.82. The highest BCUT2D eigenvalue weighted by Gasteiger charge is 2.82. The molecule has 0 aromatic heterocycles. The molecule has 4 saturated carbocycles. The summed E-state index contributed by atoms with van der Waals surface area (Å²) in [6.07, 6.45) is 7.64. The van der Waals surface area contributed by atoms with Crippen molar-refractivity contribution in [2.24, 2.45) is 22.7 Å². The second-order valence-electron chi connectivity index (χ2n) is 13.8. The first-order valence-corrected chi connectivity index (χ1v) is 13.6. The highest BCUT2D eigenvalue weighted by Crippen LogP contribution is 2.78. The van der Waals surface area contributed by atoms with Crippen molar-refractivity contribution in [1.29, 1.82) is 0 Å². The molecule has 186 valence electrons. The maximum atomic E-state index is 12.2. The summed E-state index contributed by atoms with van der Waals surface area (Å²) >= 11 is 0. The van der Waals surface area contributed by atoms with Crippen LogP contribution < -0.4 is 4.74 Å². The Morgan fingerprint density at radius 3 is 2.59 bits per heavy atom. The van der Waals surface area contributed by atoms with Crippen molar-refractivity contribution in [3.63, 3.8) is 0 Å². The van der Waals surface area contributed by atoms with Gasteiger partial charge in [0, 0.05) is 42.0 Å². The van der Waals surface area contributed by atoms with Gasteiger partial charge in [-0.25, -0.2) is 0 Å². The molecule has 7 atom stereocenters. The van der Waals surface area contributed by atoms with Crippen molar-refractivity contribution in [1.82, 2.24) is 4.90 Å². The summed E-state index contributed by atoms with van der Waals surface area (Å²) in [5, 5.41) is 23.2. The minimum Gasteiger partial charge on any atom is -0.504 e. The summed E-state index contributed by atoms with van der Waals surface area (Å²) in [5.41, 5.74) is 0.783. The van der Waals surface area contributed by atoms with Crippen LogP contribution >= 0.6 is 0 Å². The topological polar surface area (TPSA) is 62.2 Å². The van der Waals surface area contributed by atoms with E-state index in [1.54, 1.807) is 0 Å². The van der Waals surface area contributed by atoms with E-state index in [1.165, 1.54) is 30.5 Å². The Morgan fingerprint density at radius 2 is 1.91 bits per heavy atom. The van der Waals surface area contributed by atoms with E-state index in [2.05, 4.69) is 31.7 Å². The van der Waals surface area contributed by atoms with Gasteiger partial charge in [0.2, 0.25) is 0 Å². The number of fused-ring (bicyclic) bond motifs is 2. The number of rotatable bonds is 4. The minimum atomic E-state index is -0.909. The zero-order chi connectivity index (χ0) is 23.9. The molecule has 1 aromatic carbocycles. The Bertz CT molecular complexity index is 1060. The summed E-state index contributed by atoms with van der Waals surface area (Å²) in [5.74, 6) is 1.80. The quantitative estimate of drug-likeness (QED) is 0.687. The van der Waals surface area contributed by atoms with Crippen LogP contribution in [0.4, 0.5) is 0 Å². The van der Waals surface area contributed by atoms with Gasteiger partial charge in [-0.1, -0.05) is 26.8 Å². The molecule has 2 heterocycles. The number of likely N-dealkylation sites (tertiary alicyclic amines) is 1. The van der Waals surface area contributed by atoms with E-state index in [-0.39, 0.29) is 34.0 Å². The van der Waals surface area contributed by atoms with E-state index < -0.39 is 11.2 Å². The normalized spacial score (nSPS) is 43.9. The van der Waals surface area contributed by atoms with Crippen LogP contribution in [0.25, 0.3) is 0 Å². The van der Waals surface area contributed by atoms with Gasteiger partial charge in [-0.3, -0.25) is 4.90 Å². The largest absolute Gasteiger partial charge is 0.504 e. The Kier molecular flexibility index (Phi) is 4.08. The van der Waals surface area contributed by atoms with E-state index in [0.717, 1.165) is 44.6 Å². The molecular weight excluding hydrogens is 426 g/mol. The molecule has 5 fully saturated rings. The van der Waals surface area contributed by atoms with Gasteiger partial charge >= 0.3 is 0 Å². The number of nitrogens with zero attached hydrogens (tertiary/aromatic N) is 1. The fraction of sp³-hybridized carbons (Fsp3) is 0.793. The predicted molar refractivity (Wildman–Crippen MR) is 130 cm³/mol. The molecule has 1 saturated heterocycles. The second-order valence-corrected chi connectivity index (χ2v) is 13.8. The third-order valence-electron chi connectivity index (χ3n) is 11.9. The van der Waals surface area contributed by atoms with E-state index in [1.807, 2.05) is 20.1 Å². The van der Waals surface area contributed by atoms with Crippen LogP contribution in [0.15, 0.2) is 12.1 Å². The number of aliphatic hydroxyl groups is 1. The number of aromatic hydroxyl groups is 1. The predicted octanol–water partition coefficient (Wildman–Crippen LogP) is 4.41. The first-order valence-electron chi connectivity index (χ1n) is 13.6. The van der Waals surface area contributed by atoms with Gasteiger partial charge in [0.25, 0.3) is 0 Å². The monoisotopic (exact) mass is 467 g/mol. The third kappa shape index (κ3) is 2.25. The Hall–Kier alpha value is -1.30. The lowest BCUT2D eigenvalue weighted by Gasteiger charge is -2.75. The molecule has 2 N–H and O–H groups in total. The summed E-state index contributed by atoms with van der Waals surface area (Å²) in [7, 11) is 1.83. The number of piperidine rings is 1. The number of hydrogen-bond acceptors (Lipinski definition) is 5. The average molecular weight is 468 g/mol. The highest BCUT2D eigenvalue weighted by molar-refractivity contribution is 5.63. The van der Waals surface area contributed by atoms with Crippen molar-refractivity contribution < 1.29 is 19.7 Å². The van der Waals surface area contributed by atoms with Crippen LogP contribution in [0.1, 0.15) is 77.3 Å². The molecule has 2 aliphatic heterocycles. The van der Waals surface area contributed by atoms with Crippen molar-refractivity contribution in [3.8, 4) is 11.5 Å².